The van der Waals surface area contributed by atoms with Crippen molar-refractivity contribution >= 4 is 17.7 Å². The molecule has 6 heteroatoms. The first-order chi connectivity index (χ1) is 11.1. The van der Waals surface area contributed by atoms with Gasteiger partial charge in [0, 0.05) is 17.8 Å². The van der Waals surface area contributed by atoms with Gasteiger partial charge in [0.05, 0.1) is 20.5 Å². The number of anilines is 1. The van der Waals surface area contributed by atoms with Crippen LogP contribution in [-0.2, 0) is 4.79 Å². The van der Waals surface area contributed by atoms with Crippen LogP contribution in [0.15, 0.2) is 40.5 Å². The zero-order chi connectivity index (χ0) is 16.8. The maximum atomic E-state index is 12.2. The van der Waals surface area contributed by atoms with E-state index in [4.69, 9.17) is 13.9 Å². The maximum Gasteiger partial charge on any atom is 0.266 e. The highest BCUT2D eigenvalue weighted by Gasteiger charge is 2.13. The van der Waals surface area contributed by atoms with Crippen molar-refractivity contribution in [3.63, 3.8) is 0 Å². The number of carbonyl (C=O) groups is 1. The monoisotopic (exact) mass is 312 g/mol. The number of furan rings is 1. The molecule has 2 aromatic rings. The van der Waals surface area contributed by atoms with E-state index in [0.29, 0.717) is 22.9 Å². The van der Waals surface area contributed by atoms with Crippen LogP contribution >= 0.6 is 0 Å². The summed E-state index contributed by atoms with van der Waals surface area (Å²) >= 11 is 0. The van der Waals surface area contributed by atoms with Crippen LogP contribution in [0.3, 0.4) is 0 Å². The van der Waals surface area contributed by atoms with Crippen molar-refractivity contribution in [1.29, 1.82) is 5.26 Å². The van der Waals surface area contributed by atoms with Gasteiger partial charge in [-0.2, -0.15) is 5.26 Å². The number of carbonyl (C=O) groups excluding carboxylic acids is 1. The normalized spacial score (nSPS) is 10.8. The molecule has 0 aliphatic heterocycles. The summed E-state index contributed by atoms with van der Waals surface area (Å²) in [6, 6.07) is 8.57. The predicted octanol–water partition coefficient (Wildman–Crippen LogP) is 3.15. The molecule has 118 valence electrons. The number of nitrogens with one attached hydrogen (secondary N) is 1. The van der Waals surface area contributed by atoms with Gasteiger partial charge < -0.3 is 19.2 Å². The van der Waals surface area contributed by atoms with E-state index in [0.717, 1.165) is 5.56 Å². The average Bonchev–Trinajstić information content (AvgIpc) is 2.97. The fraction of sp³-hybridized carbons (Fsp3) is 0.176. The third kappa shape index (κ3) is 3.71. The highest BCUT2D eigenvalue weighted by Crippen LogP contribution is 2.29. The molecule has 0 aliphatic rings. The van der Waals surface area contributed by atoms with Gasteiger partial charge in [-0.15, -0.1) is 0 Å². The van der Waals surface area contributed by atoms with Crippen molar-refractivity contribution in [2.45, 2.75) is 6.92 Å². The van der Waals surface area contributed by atoms with Crippen molar-refractivity contribution in [3.05, 3.63) is 47.4 Å². The Hall–Kier alpha value is -3.20. The quantitative estimate of drug-likeness (QED) is 0.677. The molecule has 0 aliphatic carbocycles. The number of hydrogen-bond donors (Lipinski definition) is 1. The smallest absolute Gasteiger partial charge is 0.266 e. The lowest BCUT2D eigenvalue weighted by Crippen LogP contribution is -2.13. The first-order valence-electron chi connectivity index (χ1n) is 6.78. The summed E-state index contributed by atoms with van der Waals surface area (Å²) in [6.45, 7) is 1.83. The molecule has 0 spiro atoms. The van der Waals surface area contributed by atoms with E-state index in [2.05, 4.69) is 5.32 Å². The van der Waals surface area contributed by atoms with Crippen LogP contribution in [0.2, 0.25) is 0 Å². The lowest BCUT2D eigenvalue weighted by molar-refractivity contribution is -0.112. The molecule has 1 aromatic heterocycles. The molecule has 1 heterocycles. The Labute approximate surface area is 133 Å². The van der Waals surface area contributed by atoms with Crippen LogP contribution < -0.4 is 14.8 Å². The van der Waals surface area contributed by atoms with Crippen molar-refractivity contribution in [3.8, 4) is 17.6 Å². The predicted molar refractivity (Wildman–Crippen MR) is 85.2 cm³/mol. The molecule has 0 atom stereocenters. The highest BCUT2D eigenvalue weighted by atomic mass is 16.5. The number of aryl methyl sites for hydroxylation is 1. The largest absolute Gasteiger partial charge is 0.493 e. The van der Waals surface area contributed by atoms with Crippen molar-refractivity contribution in [2.24, 2.45) is 0 Å². The molecular formula is C17H16N2O4. The molecule has 6 nitrogen and oxygen atoms in total. The maximum absolute atomic E-state index is 12.2. The second-order valence-electron chi connectivity index (χ2n) is 4.66. The van der Waals surface area contributed by atoms with Crippen LogP contribution in [0.4, 0.5) is 5.69 Å². The van der Waals surface area contributed by atoms with Gasteiger partial charge in [-0.3, -0.25) is 4.79 Å². The number of rotatable bonds is 5. The third-order valence-electron chi connectivity index (χ3n) is 3.18. The number of hydrogen-bond acceptors (Lipinski definition) is 5. The first kappa shape index (κ1) is 16.2. The van der Waals surface area contributed by atoms with Gasteiger partial charge in [-0.25, -0.2) is 0 Å². The Morgan fingerprint density at radius 1 is 1.26 bits per heavy atom. The summed E-state index contributed by atoms with van der Waals surface area (Å²) < 4.78 is 15.5. The van der Waals surface area contributed by atoms with Crippen molar-refractivity contribution < 1.29 is 18.7 Å². The summed E-state index contributed by atoms with van der Waals surface area (Å²) in [5, 5.41) is 11.8. The first-order valence-corrected chi connectivity index (χ1v) is 6.78. The standard InChI is InChI=1S/C17H16N2O4/c1-11-6-7-23-15(11)8-12(10-18)17(20)19-13-4-5-14(21-2)16(9-13)22-3/h4-9H,1-3H3,(H,19,20)/b12-8-. The molecule has 1 N–H and O–H groups in total. The second kappa shape index (κ2) is 7.18. The molecule has 0 saturated heterocycles. The number of nitriles is 1. The van der Waals surface area contributed by atoms with Crippen LogP contribution in [0.1, 0.15) is 11.3 Å². The van der Waals surface area contributed by atoms with Crippen LogP contribution in [-0.4, -0.2) is 20.1 Å². The van der Waals surface area contributed by atoms with Gasteiger partial charge in [-0.05, 0) is 30.7 Å². The SMILES string of the molecule is COc1ccc(NC(=O)/C(C#N)=C\c2occc2C)cc1OC. The molecule has 2 rings (SSSR count). The second-order valence-corrected chi connectivity index (χ2v) is 4.66. The lowest BCUT2D eigenvalue weighted by Gasteiger charge is -2.10. The summed E-state index contributed by atoms with van der Waals surface area (Å²) in [7, 11) is 3.03. The Morgan fingerprint density at radius 2 is 2.00 bits per heavy atom. The zero-order valence-corrected chi connectivity index (χ0v) is 13.0. The fourth-order valence-corrected chi connectivity index (χ4v) is 1.92. The molecule has 0 bridgehead atoms. The van der Waals surface area contributed by atoms with Gasteiger partial charge >= 0.3 is 0 Å². The molecule has 1 aromatic carbocycles. The molecule has 0 fully saturated rings. The van der Waals surface area contributed by atoms with Gasteiger partial charge in [0.25, 0.3) is 5.91 Å². The Kier molecular flexibility index (Phi) is 5.05. The highest BCUT2D eigenvalue weighted by molar-refractivity contribution is 6.09. The molecule has 0 radical (unpaired) electrons. The number of methoxy groups -OCH3 is 2. The Bertz CT molecular complexity index is 784. The van der Waals surface area contributed by atoms with Crippen molar-refractivity contribution in [2.75, 3.05) is 19.5 Å². The van der Waals surface area contributed by atoms with E-state index in [9.17, 15) is 10.1 Å². The van der Waals surface area contributed by atoms with E-state index in [1.165, 1.54) is 26.6 Å². The van der Waals surface area contributed by atoms with Crippen molar-refractivity contribution in [1.82, 2.24) is 0 Å². The molecule has 1 amide bonds. The van der Waals surface area contributed by atoms with E-state index in [-0.39, 0.29) is 5.57 Å². The van der Waals surface area contributed by atoms with Gasteiger partial charge in [0.1, 0.15) is 17.4 Å². The molecular weight excluding hydrogens is 296 g/mol. The minimum absolute atomic E-state index is 0.0576. The Balaban J connectivity index is 2.22. The van der Waals surface area contributed by atoms with Gasteiger partial charge in [-0.1, -0.05) is 0 Å². The minimum Gasteiger partial charge on any atom is -0.493 e. The number of amides is 1. The minimum atomic E-state index is -0.532. The molecule has 23 heavy (non-hydrogen) atoms. The van der Waals surface area contributed by atoms with E-state index in [1.807, 2.05) is 13.0 Å². The van der Waals surface area contributed by atoms with Crippen LogP contribution in [0.25, 0.3) is 6.08 Å². The summed E-state index contributed by atoms with van der Waals surface area (Å²) in [4.78, 5) is 12.2. The number of ether oxygens (including phenoxy) is 2. The number of benzene rings is 1. The van der Waals surface area contributed by atoms with Gasteiger partial charge in [0.2, 0.25) is 0 Å². The zero-order valence-electron chi connectivity index (χ0n) is 13.0. The topological polar surface area (TPSA) is 84.5 Å². The van der Waals surface area contributed by atoms with Crippen LogP contribution in [0, 0.1) is 18.3 Å². The number of nitrogens with zero attached hydrogens (tertiary/aromatic N) is 1. The van der Waals surface area contributed by atoms with Gasteiger partial charge in [0.15, 0.2) is 11.5 Å². The third-order valence-corrected chi connectivity index (χ3v) is 3.18. The Morgan fingerprint density at radius 3 is 2.57 bits per heavy atom. The van der Waals surface area contributed by atoms with E-state index >= 15 is 0 Å². The van der Waals surface area contributed by atoms with E-state index < -0.39 is 5.91 Å². The average molecular weight is 312 g/mol. The van der Waals surface area contributed by atoms with Crippen LogP contribution in [0.5, 0.6) is 11.5 Å². The summed E-state index contributed by atoms with van der Waals surface area (Å²) in [6.07, 6.45) is 2.91. The van der Waals surface area contributed by atoms with E-state index in [1.54, 1.807) is 24.3 Å². The fourth-order valence-electron chi connectivity index (χ4n) is 1.92. The molecule has 0 unspecified atom stereocenters. The summed E-state index contributed by atoms with van der Waals surface area (Å²) in [5.41, 5.74) is 1.28. The lowest BCUT2D eigenvalue weighted by atomic mass is 10.2. The summed E-state index contributed by atoms with van der Waals surface area (Å²) in [5.74, 6) is 0.974. The molecule has 0 saturated carbocycles.